The van der Waals surface area contributed by atoms with Gasteiger partial charge in [0, 0.05) is 10.2 Å². The average Bonchev–Trinajstić information content (AvgIpc) is 2.06. The number of rotatable bonds is 2. The molecular weight excluding hydrogens is 207 g/mol. The van der Waals surface area contributed by atoms with Crippen molar-refractivity contribution in [3.63, 3.8) is 0 Å². The minimum atomic E-state index is 0.436. The molecule has 64 valence electrons. The molecule has 0 bridgehead atoms. The van der Waals surface area contributed by atoms with Crippen molar-refractivity contribution in [3.8, 4) is 0 Å². The monoisotopic (exact) mass is 216 g/mol. The van der Waals surface area contributed by atoms with Gasteiger partial charge in [-0.25, -0.2) is 0 Å². The topological polar surface area (TPSA) is 0 Å². The number of hydrogen-bond acceptors (Lipinski definition) is 0. The Labute approximate surface area is 85.6 Å². The minimum Gasteiger partial charge on any atom is -0.0714 e. The largest absolute Gasteiger partial charge is 0.101 e. The van der Waals surface area contributed by atoms with Gasteiger partial charge >= 0.3 is 0 Å². The molecule has 0 aromatic heterocycles. The summed E-state index contributed by atoms with van der Waals surface area (Å²) in [6.07, 6.45) is 0.884. The molecular formula is C9H10Cl2Si. The minimum absolute atomic E-state index is 0.436. The zero-order valence-electron chi connectivity index (χ0n) is 6.85. The molecule has 0 nitrogen and oxygen atoms in total. The summed E-state index contributed by atoms with van der Waals surface area (Å²) >= 11 is 11.3. The average molecular weight is 217 g/mol. The van der Waals surface area contributed by atoms with E-state index in [0.717, 1.165) is 21.9 Å². The normalized spacial score (nSPS) is 9.83. The highest BCUT2D eigenvalue weighted by molar-refractivity contribution is 6.58. The van der Waals surface area contributed by atoms with Gasteiger partial charge in [0.25, 0.3) is 0 Å². The van der Waals surface area contributed by atoms with Crippen LogP contribution in [0.4, 0.5) is 0 Å². The second-order valence-corrected chi connectivity index (χ2v) is 4.86. The van der Waals surface area contributed by atoms with Crippen molar-refractivity contribution in [1.29, 1.82) is 0 Å². The van der Waals surface area contributed by atoms with Crippen molar-refractivity contribution in [2.75, 3.05) is 0 Å². The molecule has 0 N–H and O–H groups in total. The molecule has 0 atom stereocenters. The van der Waals surface area contributed by atoms with Crippen LogP contribution >= 0.6 is 23.2 Å². The molecule has 0 unspecified atom stereocenters. The van der Waals surface area contributed by atoms with Crippen molar-refractivity contribution in [2.24, 2.45) is 0 Å². The van der Waals surface area contributed by atoms with Crippen LogP contribution in [0, 0.1) is 0 Å². The lowest BCUT2D eigenvalue weighted by Crippen LogP contribution is -1.89. The summed E-state index contributed by atoms with van der Waals surface area (Å²) < 4.78 is 0.436. The van der Waals surface area contributed by atoms with Gasteiger partial charge in [-0.05, 0) is 12.0 Å². The van der Waals surface area contributed by atoms with Gasteiger partial charge in [-0.15, -0.1) is 0 Å². The van der Waals surface area contributed by atoms with Crippen LogP contribution in [0.1, 0.15) is 5.56 Å². The van der Waals surface area contributed by atoms with E-state index < -0.39 is 0 Å². The van der Waals surface area contributed by atoms with Crippen LogP contribution in [-0.4, -0.2) is 10.2 Å². The Morgan fingerprint density at radius 2 is 1.75 bits per heavy atom. The first-order valence-corrected chi connectivity index (χ1v) is 5.50. The van der Waals surface area contributed by atoms with E-state index in [2.05, 4.69) is 12.1 Å². The van der Waals surface area contributed by atoms with E-state index in [1.165, 1.54) is 5.56 Å². The molecule has 3 heteroatoms. The zero-order valence-corrected chi connectivity index (χ0v) is 10.4. The first kappa shape index (κ1) is 9.84. The fourth-order valence-corrected chi connectivity index (χ4v) is 1.51. The van der Waals surface area contributed by atoms with Crippen molar-refractivity contribution in [1.82, 2.24) is 0 Å². The number of allylic oxidation sites excluding steroid dienone is 1. The van der Waals surface area contributed by atoms with Gasteiger partial charge in [-0.1, -0.05) is 58.7 Å². The third-order valence-electron chi connectivity index (χ3n) is 1.63. The predicted molar refractivity (Wildman–Crippen MR) is 58.8 cm³/mol. The van der Waals surface area contributed by atoms with Crippen LogP contribution < -0.4 is 0 Å². The molecule has 0 spiro atoms. The van der Waals surface area contributed by atoms with Crippen molar-refractivity contribution in [3.05, 3.63) is 45.6 Å². The summed E-state index contributed by atoms with van der Waals surface area (Å²) in [7, 11) is 0.924. The Balaban J connectivity index is 2.72. The van der Waals surface area contributed by atoms with E-state index in [-0.39, 0.29) is 0 Å². The third kappa shape index (κ3) is 3.01. The van der Waals surface area contributed by atoms with E-state index in [1.54, 1.807) is 0 Å². The predicted octanol–water partition coefficient (Wildman–Crippen LogP) is 2.24. The first-order valence-electron chi connectivity index (χ1n) is 3.75. The first-order chi connectivity index (χ1) is 5.70. The summed E-state index contributed by atoms with van der Waals surface area (Å²) in [5, 5.41) is 1.14. The zero-order chi connectivity index (χ0) is 8.97. The maximum Gasteiger partial charge on any atom is 0.101 e. The van der Waals surface area contributed by atoms with Gasteiger partial charge in [0.05, 0.1) is 0 Å². The number of benzene rings is 1. The smallest absolute Gasteiger partial charge is 0.0714 e. The summed E-state index contributed by atoms with van der Waals surface area (Å²) in [6.45, 7) is 0. The van der Waals surface area contributed by atoms with E-state index >= 15 is 0 Å². The lowest BCUT2D eigenvalue weighted by atomic mass is 10.1. The Morgan fingerprint density at radius 3 is 2.25 bits per heavy atom. The van der Waals surface area contributed by atoms with Gasteiger partial charge in [-0.3, -0.25) is 0 Å². The fourth-order valence-electron chi connectivity index (χ4n) is 0.969. The quantitative estimate of drug-likeness (QED) is 0.666. The van der Waals surface area contributed by atoms with Gasteiger partial charge in [0.2, 0.25) is 0 Å². The Hall–Kier alpha value is -0.243. The maximum absolute atomic E-state index is 5.66. The van der Waals surface area contributed by atoms with Gasteiger partial charge < -0.3 is 0 Å². The molecule has 0 saturated heterocycles. The van der Waals surface area contributed by atoms with Crippen LogP contribution in [0.25, 0.3) is 0 Å². The van der Waals surface area contributed by atoms with E-state index in [1.807, 2.05) is 18.2 Å². The molecule has 0 aliphatic rings. The number of hydrogen-bond donors (Lipinski definition) is 0. The lowest BCUT2D eigenvalue weighted by molar-refractivity contribution is 1.24. The number of halogens is 2. The fraction of sp³-hybridized carbons (Fsp3) is 0.111. The maximum atomic E-state index is 5.66. The van der Waals surface area contributed by atoms with E-state index in [4.69, 9.17) is 23.2 Å². The molecule has 0 aliphatic heterocycles. The van der Waals surface area contributed by atoms with Crippen molar-refractivity contribution in [2.45, 2.75) is 6.42 Å². The van der Waals surface area contributed by atoms with Crippen LogP contribution in [0.15, 0.2) is 40.0 Å². The summed E-state index contributed by atoms with van der Waals surface area (Å²) in [4.78, 5) is 0. The summed E-state index contributed by atoms with van der Waals surface area (Å²) in [5.74, 6) is 0. The molecule has 0 amide bonds. The highest BCUT2D eigenvalue weighted by atomic mass is 35.5. The molecule has 1 aromatic rings. The highest BCUT2D eigenvalue weighted by Crippen LogP contribution is 2.15. The van der Waals surface area contributed by atoms with Gasteiger partial charge in [0.1, 0.15) is 4.49 Å². The highest BCUT2D eigenvalue weighted by Gasteiger charge is 1.97. The standard InChI is InChI=1S/C9H10Cl2Si/c10-9(11)8(12)6-7-4-2-1-3-5-7/h1-5H,6H2,12H3. The Kier molecular flexibility index (Phi) is 3.86. The van der Waals surface area contributed by atoms with Gasteiger partial charge in [0.15, 0.2) is 0 Å². The van der Waals surface area contributed by atoms with Crippen molar-refractivity contribution < 1.29 is 0 Å². The van der Waals surface area contributed by atoms with Crippen LogP contribution in [0.2, 0.25) is 0 Å². The molecule has 0 aliphatic carbocycles. The van der Waals surface area contributed by atoms with Crippen LogP contribution in [0.3, 0.4) is 0 Å². The van der Waals surface area contributed by atoms with Crippen molar-refractivity contribution >= 4 is 33.4 Å². The molecule has 12 heavy (non-hydrogen) atoms. The van der Waals surface area contributed by atoms with Crippen LogP contribution in [-0.2, 0) is 6.42 Å². The Bertz CT molecular complexity index is 276. The molecule has 0 fully saturated rings. The second kappa shape index (κ2) is 4.70. The molecule has 0 heterocycles. The van der Waals surface area contributed by atoms with E-state index in [0.29, 0.717) is 4.49 Å². The molecule has 0 saturated carbocycles. The second-order valence-electron chi connectivity index (χ2n) is 2.70. The Morgan fingerprint density at radius 1 is 1.17 bits per heavy atom. The lowest BCUT2D eigenvalue weighted by Gasteiger charge is -2.00. The summed E-state index contributed by atoms with van der Waals surface area (Å²) in [6, 6.07) is 10.2. The van der Waals surface area contributed by atoms with Gasteiger partial charge in [-0.2, -0.15) is 0 Å². The van der Waals surface area contributed by atoms with Crippen LogP contribution in [0.5, 0.6) is 0 Å². The molecule has 1 rings (SSSR count). The third-order valence-corrected chi connectivity index (χ3v) is 3.77. The molecule has 1 aromatic carbocycles. The summed E-state index contributed by atoms with van der Waals surface area (Å²) in [5.41, 5.74) is 1.27. The van der Waals surface area contributed by atoms with E-state index in [9.17, 15) is 0 Å². The SMILES string of the molecule is [SiH3]C(Cc1ccccc1)=C(Cl)Cl. The molecule has 0 radical (unpaired) electrons.